The first-order valence-corrected chi connectivity index (χ1v) is 3.21. The largest absolute Gasteiger partial charge is 0.495 e. The second kappa shape index (κ2) is 3.05. The number of hydrogen-bond donors (Lipinski definition) is 0. The predicted molar refractivity (Wildman–Crippen MR) is 37.9 cm³/mol. The minimum atomic E-state index is -0.976. The van der Waals surface area contributed by atoms with E-state index in [2.05, 4.69) is 4.74 Å². The van der Waals surface area contributed by atoms with Crippen molar-refractivity contribution in [1.29, 1.82) is 0 Å². The highest BCUT2D eigenvalue weighted by atomic mass is 35.5. The van der Waals surface area contributed by atoms with Gasteiger partial charge in [-0.3, -0.25) is 0 Å². The Morgan fingerprint density at radius 2 is 1.82 bits per heavy atom. The van der Waals surface area contributed by atoms with Gasteiger partial charge in [0.15, 0.2) is 11.6 Å². The SMILES string of the molecule is COc1cc(F)c(F)cc1Cl. The van der Waals surface area contributed by atoms with Crippen molar-refractivity contribution in [2.45, 2.75) is 0 Å². The van der Waals surface area contributed by atoms with Gasteiger partial charge in [-0.05, 0) is 6.07 Å². The van der Waals surface area contributed by atoms with Crippen LogP contribution in [0.1, 0.15) is 0 Å². The molecular formula is C7H5ClF2O. The van der Waals surface area contributed by atoms with Crippen LogP contribution in [0.2, 0.25) is 5.02 Å². The molecule has 0 aromatic heterocycles. The Morgan fingerprint density at radius 1 is 1.27 bits per heavy atom. The van der Waals surface area contributed by atoms with E-state index in [1.807, 2.05) is 0 Å². The molecule has 1 nitrogen and oxygen atoms in total. The zero-order valence-electron chi connectivity index (χ0n) is 5.70. The zero-order chi connectivity index (χ0) is 8.43. The van der Waals surface area contributed by atoms with Crippen LogP contribution < -0.4 is 4.74 Å². The number of ether oxygens (including phenoxy) is 1. The molecule has 0 aliphatic rings. The van der Waals surface area contributed by atoms with Gasteiger partial charge in [-0.1, -0.05) is 11.6 Å². The van der Waals surface area contributed by atoms with E-state index in [9.17, 15) is 8.78 Å². The van der Waals surface area contributed by atoms with Crippen LogP contribution in [-0.2, 0) is 0 Å². The van der Waals surface area contributed by atoms with E-state index in [4.69, 9.17) is 11.6 Å². The molecule has 0 spiro atoms. The Labute approximate surface area is 67.5 Å². The molecule has 4 heteroatoms. The Hall–Kier alpha value is -0.830. The highest BCUT2D eigenvalue weighted by molar-refractivity contribution is 6.32. The Bertz CT molecular complexity index is 275. The Kier molecular flexibility index (Phi) is 2.29. The molecule has 0 saturated heterocycles. The van der Waals surface area contributed by atoms with E-state index in [1.54, 1.807) is 0 Å². The lowest BCUT2D eigenvalue weighted by Crippen LogP contribution is -1.88. The van der Waals surface area contributed by atoms with E-state index < -0.39 is 11.6 Å². The predicted octanol–water partition coefficient (Wildman–Crippen LogP) is 2.63. The standard InChI is InChI=1S/C7H5ClF2O/c1-11-7-3-6(10)5(9)2-4(7)8/h2-3H,1H3. The maximum absolute atomic E-state index is 12.4. The molecule has 1 aromatic rings. The second-order valence-electron chi connectivity index (χ2n) is 1.90. The first kappa shape index (κ1) is 8.27. The number of halogens is 3. The molecule has 11 heavy (non-hydrogen) atoms. The van der Waals surface area contributed by atoms with Gasteiger partial charge < -0.3 is 4.74 Å². The molecule has 60 valence electrons. The molecule has 0 atom stereocenters. The van der Waals surface area contributed by atoms with Gasteiger partial charge in [0.05, 0.1) is 12.1 Å². The summed E-state index contributed by atoms with van der Waals surface area (Å²) in [7, 11) is 1.33. The van der Waals surface area contributed by atoms with Crippen LogP contribution >= 0.6 is 11.6 Å². The fourth-order valence-electron chi connectivity index (χ4n) is 0.661. The summed E-state index contributed by atoms with van der Waals surface area (Å²) in [6.07, 6.45) is 0. The van der Waals surface area contributed by atoms with E-state index in [-0.39, 0.29) is 10.8 Å². The first-order chi connectivity index (χ1) is 5.15. The molecule has 0 aliphatic carbocycles. The van der Waals surface area contributed by atoms with Gasteiger partial charge in [0.2, 0.25) is 0 Å². The smallest absolute Gasteiger partial charge is 0.162 e. The molecule has 0 bridgehead atoms. The maximum Gasteiger partial charge on any atom is 0.162 e. The number of benzene rings is 1. The average Bonchev–Trinajstić information content (AvgIpc) is 1.97. The van der Waals surface area contributed by atoms with Crippen molar-refractivity contribution in [3.63, 3.8) is 0 Å². The molecule has 1 rings (SSSR count). The summed E-state index contributed by atoms with van der Waals surface area (Å²) in [6.45, 7) is 0. The number of methoxy groups -OCH3 is 1. The van der Waals surface area contributed by atoms with Crippen molar-refractivity contribution in [2.75, 3.05) is 7.11 Å². The molecule has 0 heterocycles. The third-order valence-electron chi connectivity index (χ3n) is 1.19. The van der Waals surface area contributed by atoms with E-state index in [0.29, 0.717) is 0 Å². The minimum Gasteiger partial charge on any atom is -0.495 e. The fourth-order valence-corrected chi connectivity index (χ4v) is 0.888. The Morgan fingerprint density at radius 3 is 2.36 bits per heavy atom. The fraction of sp³-hybridized carbons (Fsp3) is 0.143. The molecule has 0 amide bonds. The molecule has 0 fully saturated rings. The third-order valence-corrected chi connectivity index (χ3v) is 1.49. The lowest BCUT2D eigenvalue weighted by atomic mass is 10.3. The van der Waals surface area contributed by atoms with Crippen molar-refractivity contribution >= 4 is 11.6 Å². The first-order valence-electron chi connectivity index (χ1n) is 2.83. The van der Waals surface area contributed by atoms with Crippen LogP contribution in [0, 0.1) is 11.6 Å². The van der Waals surface area contributed by atoms with Crippen LogP contribution in [0.15, 0.2) is 12.1 Å². The van der Waals surface area contributed by atoms with Gasteiger partial charge in [0.1, 0.15) is 5.75 Å². The van der Waals surface area contributed by atoms with Gasteiger partial charge in [-0.15, -0.1) is 0 Å². The number of hydrogen-bond acceptors (Lipinski definition) is 1. The molecule has 1 aromatic carbocycles. The van der Waals surface area contributed by atoms with Crippen molar-refractivity contribution in [3.05, 3.63) is 28.8 Å². The van der Waals surface area contributed by atoms with Gasteiger partial charge in [-0.25, -0.2) is 8.78 Å². The third kappa shape index (κ3) is 1.60. The minimum absolute atomic E-state index is 0.0615. The van der Waals surface area contributed by atoms with Gasteiger partial charge in [0.25, 0.3) is 0 Å². The maximum atomic E-state index is 12.4. The molecule has 0 N–H and O–H groups in total. The van der Waals surface area contributed by atoms with Crippen molar-refractivity contribution in [3.8, 4) is 5.75 Å². The topological polar surface area (TPSA) is 9.23 Å². The molecule has 0 unspecified atom stereocenters. The number of rotatable bonds is 1. The summed E-state index contributed by atoms with van der Waals surface area (Å²) in [4.78, 5) is 0. The molecule has 0 saturated carbocycles. The zero-order valence-corrected chi connectivity index (χ0v) is 6.45. The van der Waals surface area contributed by atoms with Crippen LogP contribution in [0.25, 0.3) is 0 Å². The molecule has 0 aliphatic heterocycles. The van der Waals surface area contributed by atoms with Crippen LogP contribution in [0.3, 0.4) is 0 Å². The lowest BCUT2D eigenvalue weighted by molar-refractivity contribution is 0.406. The summed E-state index contributed by atoms with van der Waals surface area (Å²) in [5.41, 5.74) is 0. The van der Waals surface area contributed by atoms with Crippen molar-refractivity contribution < 1.29 is 13.5 Å². The van der Waals surface area contributed by atoms with Crippen molar-refractivity contribution in [1.82, 2.24) is 0 Å². The summed E-state index contributed by atoms with van der Waals surface area (Å²) < 4.78 is 29.5. The summed E-state index contributed by atoms with van der Waals surface area (Å²) in [6, 6.07) is 1.77. The van der Waals surface area contributed by atoms with E-state index >= 15 is 0 Å². The molecule has 0 radical (unpaired) electrons. The van der Waals surface area contributed by atoms with Gasteiger partial charge in [-0.2, -0.15) is 0 Å². The quantitative estimate of drug-likeness (QED) is 0.601. The van der Waals surface area contributed by atoms with Gasteiger partial charge in [0, 0.05) is 6.07 Å². The summed E-state index contributed by atoms with van der Waals surface area (Å²) in [5, 5.41) is 0.0615. The lowest BCUT2D eigenvalue weighted by Gasteiger charge is -2.01. The van der Waals surface area contributed by atoms with Crippen molar-refractivity contribution in [2.24, 2.45) is 0 Å². The van der Waals surface area contributed by atoms with E-state index in [0.717, 1.165) is 12.1 Å². The monoisotopic (exact) mass is 178 g/mol. The highest BCUT2D eigenvalue weighted by Crippen LogP contribution is 2.26. The van der Waals surface area contributed by atoms with Crippen LogP contribution in [0.4, 0.5) is 8.78 Å². The van der Waals surface area contributed by atoms with Crippen LogP contribution in [-0.4, -0.2) is 7.11 Å². The summed E-state index contributed by atoms with van der Waals surface area (Å²) in [5.74, 6) is -1.81. The average molecular weight is 179 g/mol. The van der Waals surface area contributed by atoms with Gasteiger partial charge >= 0.3 is 0 Å². The highest BCUT2D eigenvalue weighted by Gasteiger charge is 2.07. The van der Waals surface area contributed by atoms with Crippen LogP contribution in [0.5, 0.6) is 5.75 Å². The normalized spacial score (nSPS) is 9.82. The summed E-state index contributed by atoms with van der Waals surface area (Å²) >= 11 is 5.47. The Balaban J connectivity index is 3.21. The second-order valence-corrected chi connectivity index (χ2v) is 2.31. The molecular weight excluding hydrogens is 174 g/mol. The van der Waals surface area contributed by atoms with E-state index in [1.165, 1.54) is 7.11 Å².